The third-order valence-electron chi connectivity index (χ3n) is 4.78. The third kappa shape index (κ3) is 4.89. The fourth-order valence-electron chi connectivity index (χ4n) is 3.07. The molecule has 9 heteroatoms. The first-order chi connectivity index (χ1) is 12.8. The predicted octanol–water partition coefficient (Wildman–Crippen LogP) is 2.31. The molecule has 2 fully saturated rings. The van der Waals surface area contributed by atoms with Crippen LogP contribution >= 0.6 is 15.9 Å². The van der Waals surface area contributed by atoms with Gasteiger partial charge < -0.3 is 9.64 Å². The molecule has 0 spiro atoms. The molecule has 7 nitrogen and oxygen atoms in total. The maximum atomic E-state index is 12.9. The normalized spacial score (nSPS) is 18.4. The van der Waals surface area contributed by atoms with Gasteiger partial charge in [-0.1, -0.05) is 0 Å². The van der Waals surface area contributed by atoms with Crippen LogP contribution in [0.3, 0.4) is 0 Å². The molecule has 1 aromatic rings. The van der Waals surface area contributed by atoms with E-state index in [0.29, 0.717) is 42.6 Å². The number of nitrogens with zero attached hydrogens (tertiary/aromatic N) is 1. The quantitative estimate of drug-likeness (QED) is 0.660. The molecule has 0 unspecified atom stereocenters. The number of hydrogen-bond donors (Lipinski definition) is 1. The van der Waals surface area contributed by atoms with Crippen LogP contribution in [-0.4, -0.2) is 50.9 Å². The Morgan fingerprint density at radius 3 is 2.48 bits per heavy atom. The maximum absolute atomic E-state index is 12.9. The van der Waals surface area contributed by atoms with Crippen LogP contribution in [0.5, 0.6) is 0 Å². The highest BCUT2D eigenvalue weighted by Gasteiger charge is 2.31. The average Bonchev–Trinajstić information content (AvgIpc) is 3.45. The van der Waals surface area contributed by atoms with Gasteiger partial charge in [-0.25, -0.2) is 13.1 Å². The van der Waals surface area contributed by atoms with Gasteiger partial charge in [0.15, 0.2) is 0 Å². The Morgan fingerprint density at radius 2 is 1.89 bits per heavy atom. The van der Waals surface area contributed by atoms with E-state index in [1.54, 1.807) is 17.9 Å². The Bertz CT molecular complexity index is 830. The minimum absolute atomic E-state index is 0.000275. The van der Waals surface area contributed by atoms with Gasteiger partial charge in [-0.2, -0.15) is 0 Å². The molecule has 0 atom stereocenters. The molecule has 27 heavy (non-hydrogen) atoms. The highest BCUT2D eigenvalue weighted by Crippen LogP contribution is 2.27. The van der Waals surface area contributed by atoms with E-state index in [1.165, 1.54) is 12.1 Å². The number of hydrogen-bond acceptors (Lipinski definition) is 5. The fraction of sp³-hybridized carbons (Fsp3) is 0.556. The molecule has 1 aliphatic heterocycles. The average molecular weight is 459 g/mol. The van der Waals surface area contributed by atoms with Gasteiger partial charge in [-0.3, -0.25) is 9.59 Å². The second-order valence-corrected chi connectivity index (χ2v) is 9.42. The van der Waals surface area contributed by atoms with Crippen molar-refractivity contribution >= 4 is 37.8 Å². The number of amides is 1. The highest BCUT2D eigenvalue weighted by atomic mass is 79.9. The smallest absolute Gasteiger partial charge is 0.309 e. The fourth-order valence-corrected chi connectivity index (χ4v) is 4.82. The number of piperidine rings is 1. The van der Waals surface area contributed by atoms with Gasteiger partial charge in [0, 0.05) is 23.6 Å². The van der Waals surface area contributed by atoms with Crippen molar-refractivity contribution in [1.82, 2.24) is 9.62 Å². The van der Waals surface area contributed by atoms with E-state index >= 15 is 0 Å². The minimum Gasteiger partial charge on any atom is -0.466 e. The molecule has 1 amide bonds. The Morgan fingerprint density at radius 1 is 1.22 bits per heavy atom. The lowest BCUT2D eigenvalue weighted by Crippen LogP contribution is -2.40. The molecular weight excluding hydrogens is 436 g/mol. The van der Waals surface area contributed by atoms with Crippen molar-refractivity contribution in [2.75, 3.05) is 19.7 Å². The number of ether oxygens (including phenoxy) is 1. The number of rotatable bonds is 6. The molecular formula is C18H23BrN2O5S. The van der Waals surface area contributed by atoms with Crippen molar-refractivity contribution in [2.45, 2.75) is 43.5 Å². The lowest BCUT2D eigenvalue weighted by Gasteiger charge is -2.31. The first kappa shape index (κ1) is 20.3. The summed E-state index contributed by atoms with van der Waals surface area (Å²) in [5, 5.41) is 0. The van der Waals surface area contributed by atoms with E-state index < -0.39 is 10.0 Å². The van der Waals surface area contributed by atoms with Gasteiger partial charge >= 0.3 is 5.97 Å². The van der Waals surface area contributed by atoms with E-state index in [1.807, 2.05) is 0 Å². The second-order valence-electron chi connectivity index (χ2n) is 6.86. The van der Waals surface area contributed by atoms with Crippen LogP contribution in [0, 0.1) is 5.92 Å². The van der Waals surface area contributed by atoms with Crippen molar-refractivity contribution < 1.29 is 22.7 Å². The number of carbonyl (C=O) groups is 2. The van der Waals surface area contributed by atoms with E-state index in [4.69, 9.17) is 4.74 Å². The first-order valence-corrected chi connectivity index (χ1v) is 11.4. The number of halogens is 1. The zero-order chi connectivity index (χ0) is 19.6. The number of likely N-dealkylation sites (tertiary alicyclic amines) is 1. The third-order valence-corrected chi connectivity index (χ3v) is 6.99. The van der Waals surface area contributed by atoms with E-state index in [2.05, 4.69) is 20.7 Å². The van der Waals surface area contributed by atoms with Crippen molar-refractivity contribution in [1.29, 1.82) is 0 Å². The van der Waals surface area contributed by atoms with Crippen molar-refractivity contribution in [3.8, 4) is 0 Å². The van der Waals surface area contributed by atoms with Gasteiger partial charge in [0.1, 0.15) is 0 Å². The summed E-state index contributed by atoms with van der Waals surface area (Å²) >= 11 is 3.35. The Balaban J connectivity index is 1.71. The monoisotopic (exact) mass is 458 g/mol. The molecule has 0 aromatic heterocycles. The van der Waals surface area contributed by atoms with Crippen LogP contribution in [0.25, 0.3) is 0 Å². The Labute approximate surface area is 167 Å². The zero-order valence-electron chi connectivity index (χ0n) is 15.1. The molecule has 1 saturated carbocycles. The summed E-state index contributed by atoms with van der Waals surface area (Å²) < 4.78 is 33.1. The van der Waals surface area contributed by atoms with Gasteiger partial charge in [0.2, 0.25) is 10.0 Å². The summed E-state index contributed by atoms with van der Waals surface area (Å²) in [5.41, 5.74) is 0.309. The van der Waals surface area contributed by atoms with E-state index in [-0.39, 0.29) is 28.7 Å². The van der Waals surface area contributed by atoms with Crippen LogP contribution in [0.15, 0.2) is 27.6 Å². The van der Waals surface area contributed by atoms with E-state index in [9.17, 15) is 18.0 Å². The summed E-state index contributed by atoms with van der Waals surface area (Å²) in [6.07, 6.45) is 2.78. The topological polar surface area (TPSA) is 92.8 Å². The van der Waals surface area contributed by atoms with Crippen molar-refractivity contribution in [3.05, 3.63) is 28.2 Å². The predicted molar refractivity (Wildman–Crippen MR) is 103 cm³/mol. The summed E-state index contributed by atoms with van der Waals surface area (Å²) in [5.74, 6) is -0.649. The lowest BCUT2D eigenvalue weighted by molar-refractivity contribution is -0.149. The lowest BCUT2D eigenvalue weighted by atomic mass is 9.96. The molecule has 0 bridgehead atoms. The molecule has 148 valence electrons. The van der Waals surface area contributed by atoms with Crippen LogP contribution in [0.1, 0.15) is 43.0 Å². The van der Waals surface area contributed by atoms with Gasteiger partial charge in [-0.05, 0) is 66.7 Å². The summed E-state index contributed by atoms with van der Waals surface area (Å²) in [6.45, 7) is 2.99. The number of carbonyl (C=O) groups excluding carboxylic acids is 2. The maximum Gasteiger partial charge on any atom is 0.309 e. The largest absolute Gasteiger partial charge is 0.466 e. The molecule has 1 aromatic carbocycles. The molecule has 1 aliphatic carbocycles. The summed E-state index contributed by atoms with van der Waals surface area (Å²) in [6, 6.07) is 4.48. The first-order valence-electron chi connectivity index (χ1n) is 9.09. The SMILES string of the molecule is CCOC(=O)C1CCN(C(=O)c2cc(S(=O)(=O)NC3CC3)ccc2Br)CC1. The van der Waals surface area contributed by atoms with Crippen molar-refractivity contribution in [3.63, 3.8) is 0 Å². The minimum atomic E-state index is -3.63. The van der Waals surface area contributed by atoms with Crippen LogP contribution < -0.4 is 4.72 Å². The molecule has 1 N–H and O–H groups in total. The van der Waals surface area contributed by atoms with E-state index in [0.717, 1.165) is 12.8 Å². The number of benzene rings is 1. The molecule has 0 radical (unpaired) electrons. The Kier molecular flexibility index (Phi) is 6.22. The number of nitrogens with one attached hydrogen (secondary N) is 1. The summed E-state index contributed by atoms with van der Waals surface area (Å²) in [7, 11) is -3.63. The molecule has 3 rings (SSSR count). The van der Waals surface area contributed by atoms with Gasteiger partial charge in [-0.15, -0.1) is 0 Å². The summed E-state index contributed by atoms with van der Waals surface area (Å²) in [4.78, 5) is 26.5. The van der Waals surface area contributed by atoms with Crippen LogP contribution in [0.2, 0.25) is 0 Å². The number of esters is 1. The number of sulfonamides is 1. The van der Waals surface area contributed by atoms with Gasteiger partial charge in [0.05, 0.1) is 23.0 Å². The highest BCUT2D eigenvalue weighted by molar-refractivity contribution is 9.10. The van der Waals surface area contributed by atoms with Crippen LogP contribution in [-0.2, 0) is 19.6 Å². The standard InChI is InChI=1S/C18H23BrN2O5S/c1-2-26-18(23)12-7-9-21(10-8-12)17(22)15-11-14(5-6-16(15)19)27(24,25)20-13-3-4-13/h5-6,11-13,20H,2-4,7-10H2,1H3. The Hall–Kier alpha value is -1.45. The molecule has 1 heterocycles. The van der Waals surface area contributed by atoms with Gasteiger partial charge in [0.25, 0.3) is 5.91 Å². The zero-order valence-corrected chi connectivity index (χ0v) is 17.5. The van der Waals surface area contributed by atoms with Crippen molar-refractivity contribution in [2.24, 2.45) is 5.92 Å². The second kappa shape index (κ2) is 8.28. The molecule has 1 saturated heterocycles. The van der Waals surface area contributed by atoms with Crippen LogP contribution in [0.4, 0.5) is 0 Å². The molecule has 2 aliphatic rings.